The van der Waals surface area contributed by atoms with Crippen molar-refractivity contribution in [1.82, 2.24) is 4.98 Å². The zero-order valence-corrected chi connectivity index (χ0v) is 11.7. The number of nitrogens with zero attached hydrogens (tertiary/aromatic N) is 1. The highest BCUT2D eigenvalue weighted by Gasteiger charge is 2.08. The number of benzene rings is 2. The Labute approximate surface area is 122 Å². The minimum absolute atomic E-state index is 0.0201. The minimum Gasteiger partial charge on any atom is -0.481 e. The van der Waals surface area contributed by atoms with Crippen LogP contribution in [-0.2, 0) is 11.2 Å². The number of aliphatic carboxylic acids is 1. The zero-order chi connectivity index (χ0) is 14.8. The summed E-state index contributed by atoms with van der Waals surface area (Å²) in [5.74, 6) is -0.829. The molecule has 2 aromatic carbocycles. The Bertz CT molecular complexity index is 824. The number of pyridine rings is 1. The summed E-state index contributed by atoms with van der Waals surface area (Å²) >= 11 is 0. The Hall–Kier alpha value is -2.68. The van der Waals surface area contributed by atoms with Crippen LogP contribution in [0.5, 0.6) is 0 Å². The highest BCUT2D eigenvalue weighted by molar-refractivity contribution is 5.95. The maximum atomic E-state index is 10.8. The summed E-state index contributed by atoms with van der Waals surface area (Å²) in [5, 5.41) is 9.93. The van der Waals surface area contributed by atoms with Crippen LogP contribution in [0.25, 0.3) is 22.0 Å². The summed E-state index contributed by atoms with van der Waals surface area (Å²) in [4.78, 5) is 15.2. The second-order valence-corrected chi connectivity index (χ2v) is 5.10. The molecule has 0 aliphatic heterocycles. The van der Waals surface area contributed by atoms with Gasteiger partial charge in [0.25, 0.3) is 0 Å². The molecule has 0 bridgehead atoms. The third-order valence-corrected chi connectivity index (χ3v) is 3.60. The maximum Gasteiger partial charge on any atom is 0.307 e. The molecule has 0 unspecified atom stereocenters. The molecule has 1 heterocycles. The number of carboxylic acid groups (broad SMARTS) is 1. The van der Waals surface area contributed by atoms with Crippen molar-refractivity contribution in [1.29, 1.82) is 0 Å². The van der Waals surface area contributed by atoms with Crippen molar-refractivity contribution in [3.63, 3.8) is 0 Å². The highest BCUT2D eigenvalue weighted by atomic mass is 16.4. The van der Waals surface area contributed by atoms with Gasteiger partial charge in [0.15, 0.2) is 0 Å². The molecule has 0 aliphatic rings. The first-order chi connectivity index (χ1) is 10.1. The molecular formula is C18H15NO2. The Morgan fingerprint density at radius 2 is 1.90 bits per heavy atom. The lowest BCUT2D eigenvalue weighted by molar-refractivity contribution is -0.136. The molecule has 21 heavy (non-hydrogen) atoms. The SMILES string of the molecule is Cc1ccccc1-c1ccnc2cc(CC(=O)O)ccc12. The summed E-state index contributed by atoms with van der Waals surface area (Å²) in [5.41, 5.74) is 5.11. The number of hydrogen-bond donors (Lipinski definition) is 1. The largest absolute Gasteiger partial charge is 0.481 e. The van der Waals surface area contributed by atoms with Gasteiger partial charge in [-0.2, -0.15) is 0 Å². The normalized spacial score (nSPS) is 10.7. The zero-order valence-electron chi connectivity index (χ0n) is 11.7. The third kappa shape index (κ3) is 2.63. The Balaban J connectivity index is 2.17. The number of aryl methyl sites for hydroxylation is 1. The summed E-state index contributed by atoms with van der Waals surface area (Å²) in [6, 6.07) is 15.9. The van der Waals surface area contributed by atoms with Gasteiger partial charge in [0.1, 0.15) is 0 Å². The summed E-state index contributed by atoms with van der Waals surface area (Å²) in [6.07, 6.45) is 1.79. The van der Waals surface area contributed by atoms with Gasteiger partial charge in [0.2, 0.25) is 0 Å². The van der Waals surface area contributed by atoms with Crippen LogP contribution in [-0.4, -0.2) is 16.1 Å². The Morgan fingerprint density at radius 1 is 1.10 bits per heavy atom. The summed E-state index contributed by atoms with van der Waals surface area (Å²) in [7, 11) is 0. The van der Waals surface area contributed by atoms with Gasteiger partial charge in [-0.05, 0) is 41.3 Å². The van der Waals surface area contributed by atoms with Gasteiger partial charge in [-0.25, -0.2) is 0 Å². The molecule has 3 rings (SSSR count). The lowest BCUT2D eigenvalue weighted by Gasteiger charge is -2.10. The van der Waals surface area contributed by atoms with E-state index in [2.05, 4.69) is 24.0 Å². The number of carbonyl (C=O) groups is 1. The van der Waals surface area contributed by atoms with Gasteiger partial charge < -0.3 is 5.11 Å². The molecule has 0 aliphatic carbocycles. The van der Waals surface area contributed by atoms with Crippen molar-refractivity contribution < 1.29 is 9.90 Å². The number of hydrogen-bond acceptors (Lipinski definition) is 2. The molecule has 3 aromatic rings. The average molecular weight is 277 g/mol. The van der Waals surface area contributed by atoms with Crippen LogP contribution in [0.3, 0.4) is 0 Å². The molecule has 0 fully saturated rings. The molecule has 3 heteroatoms. The maximum absolute atomic E-state index is 10.8. The summed E-state index contributed by atoms with van der Waals surface area (Å²) < 4.78 is 0. The molecule has 1 N–H and O–H groups in total. The quantitative estimate of drug-likeness (QED) is 0.791. The van der Waals surface area contributed by atoms with Crippen LogP contribution in [0, 0.1) is 6.92 Å². The molecule has 0 amide bonds. The van der Waals surface area contributed by atoms with Gasteiger partial charge in [0.05, 0.1) is 11.9 Å². The summed E-state index contributed by atoms with van der Waals surface area (Å²) in [6.45, 7) is 2.08. The van der Waals surface area contributed by atoms with Crippen molar-refractivity contribution >= 4 is 16.9 Å². The van der Waals surface area contributed by atoms with E-state index in [1.165, 1.54) is 11.1 Å². The molecule has 1 aromatic heterocycles. The molecular weight excluding hydrogens is 262 g/mol. The van der Waals surface area contributed by atoms with Gasteiger partial charge in [-0.3, -0.25) is 9.78 Å². The first-order valence-electron chi connectivity index (χ1n) is 6.80. The fraction of sp³-hybridized carbons (Fsp3) is 0.111. The van der Waals surface area contributed by atoms with Gasteiger partial charge in [0, 0.05) is 11.6 Å². The molecule has 0 saturated heterocycles. The average Bonchev–Trinajstić information content (AvgIpc) is 2.46. The van der Waals surface area contributed by atoms with E-state index < -0.39 is 5.97 Å². The molecule has 0 atom stereocenters. The fourth-order valence-corrected chi connectivity index (χ4v) is 2.59. The lowest BCUT2D eigenvalue weighted by atomic mass is 9.96. The van der Waals surface area contributed by atoms with Crippen LogP contribution in [0.4, 0.5) is 0 Å². The van der Waals surface area contributed by atoms with Crippen LogP contribution >= 0.6 is 0 Å². The van der Waals surface area contributed by atoms with E-state index in [-0.39, 0.29) is 6.42 Å². The van der Waals surface area contributed by atoms with Crippen molar-refractivity contribution in [2.24, 2.45) is 0 Å². The van der Waals surface area contributed by atoms with E-state index in [1.807, 2.05) is 36.4 Å². The minimum atomic E-state index is -0.829. The van der Waals surface area contributed by atoms with E-state index >= 15 is 0 Å². The van der Waals surface area contributed by atoms with Crippen molar-refractivity contribution in [3.05, 3.63) is 65.9 Å². The standard InChI is InChI=1S/C18H15NO2/c1-12-4-2-3-5-14(12)15-8-9-19-17-10-13(11-18(20)21)6-7-16(15)17/h2-10H,11H2,1H3,(H,20,21). The molecule has 0 spiro atoms. The monoisotopic (exact) mass is 277 g/mol. The van der Waals surface area contributed by atoms with E-state index in [0.29, 0.717) is 0 Å². The molecule has 104 valence electrons. The van der Waals surface area contributed by atoms with Crippen LogP contribution in [0.2, 0.25) is 0 Å². The van der Waals surface area contributed by atoms with Gasteiger partial charge >= 0.3 is 5.97 Å². The highest BCUT2D eigenvalue weighted by Crippen LogP contribution is 2.30. The molecule has 0 saturated carbocycles. The number of aromatic nitrogens is 1. The second kappa shape index (κ2) is 5.37. The fourth-order valence-electron chi connectivity index (χ4n) is 2.59. The second-order valence-electron chi connectivity index (χ2n) is 5.10. The van der Waals surface area contributed by atoms with Crippen LogP contribution in [0.15, 0.2) is 54.7 Å². The number of carboxylic acids is 1. The van der Waals surface area contributed by atoms with Crippen LogP contribution in [0.1, 0.15) is 11.1 Å². The van der Waals surface area contributed by atoms with E-state index in [9.17, 15) is 4.79 Å². The lowest BCUT2D eigenvalue weighted by Crippen LogP contribution is -2.00. The smallest absolute Gasteiger partial charge is 0.307 e. The van der Waals surface area contributed by atoms with Crippen molar-refractivity contribution in [3.8, 4) is 11.1 Å². The first kappa shape index (κ1) is 13.3. The predicted octanol–water partition coefficient (Wildman–Crippen LogP) is 3.84. The van der Waals surface area contributed by atoms with E-state index in [1.54, 1.807) is 6.20 Å². The van der Waals surface area contributed by atoms with Gasteiger partial charge in [-0.15, -0.1) is 0 Å². The van der Waals surface area contributed by atoms with Gasteiger partial charge in [-0.1, -0.05) is 36.4 Å². The Kier molecular flexibility index (Phi) is 3.40. The molecule has 0 radical (unpaired) electrons. The van der Waals surface area contributed by atoms with E-state index in [0.717, 1.165) is 22.0 Å². The Morgan fingerprint density at radius 3 is 2.67 bits per heavy atom. The predicted molar refractivity (Wildman–Crippen MR) is 83.3 cm³/mol. The van der Waals surface area contributed by atoms with Crippen molar-refractivity contribution in [2.75, 3.05) is 0 Å². The van der Waals surface area contributed by atoms with Crippen molar-refractivity contribution in [2.45, 2.75) is 13.3 Å². The number of fused-ring (bicyclic) bond motifs is 1. The topological polar surface area (TPSA) is 50.2 Å². The van der Waals surface area contributed by atoms with E-state index in [4.69, 9.17) is 5.11 Å². The third-order valence-electron chi connectivity index (χ3n) is 3.60. The van der Waals surface area contributed by atoms with Crippen LogP contribution < -0.4 is 0 Å². The first-order valence-corrected chi connectivity index (χ1v) is 6.80. The number of rotatable bonds is 3. The molecule has 3 nitrogen and oxygen atoms in total.